The lowest BCUT2D eigenvalue weighted by atomic mass is 10.0. The maximum absolute atomic E-state index is 11.9. The lowest BCUT2D eigenvalue weighted by molar-refractivity contribution is -0.120. The first-order chi connectivity index (χ1) is 7.85. The second-order valence-electron chi connectivity index (χ2n) is 6.81. The lowest BCUT2D eigenvalue weighted by Gasteiger charge is -2.12. The molecule has 17 heavy (non-hydrogen) atoms. The van der Waals surface area contributed by atoms with E-state index in [-0.39, 0.29) is 16.7 Å². The predicted molar refractivity (Wildman–Crippen MR) is 69.8 cm³/mol. The van der Waals surface area contributed by atoms with E-state index < -0.39 is 0 Å². The standard InChI is InChI=1S/C14H26N2O/c1-13(2)12(14(13,3)4)16-11(17)9-15-10-7-5-6-8-10/h10,12,15H,5-9H2,1-4H3,(H,16,17). The number of rotatable bonds is 4. The lowest BCUT2D eigenvalue weighted by Crippen LogP contribution is -2.40. The minimum atomic E-state index is 0.153. The molecule has 2 rings (SSSR count). The second kappa shape index (κ2) is 4.27. The normalized spacial score (nSPS) is 27.1. The summed E-state index contributed by atoms with van der Waals surface area (Å²) in [6.07, 6.45) is 5.07. The number of carbonyl (C=O) groups is 1. The molecule has 0 unspecified atom stereocenters. The summed E-state index contributed by atoms with van der Waals surface area (Å²) in [4.78, 5) is 11.9. The minimum Gasteiger partial charge on any atom is -0.351 e. The van der Waals surface area contributed by atoms with Gasteiger partial charge < -0.3 is 10.6 Å². The maximum atomic E-state index is 11.9. The van der Waals surface area contributed by atoms with Gasteiger partial charge in [0.15, 0.2) is 0 Å². The third-order valence-electron chi connectivity index (χ3n) is 5.23. The summed E-state index contributed by atoms with van der Waals surface area (Å²) in [5, 5.41) is 6.51. The van der Waals surface area contributed by atoms with Gasteiger partial charge in [0, 0.05) is 12.1 Å². The molecule has 3 heteroatoms. The maximum Gasteiger partial charge on any atom is 0.234 e. The number of carbonyl (C=O) groups excluding carboxylic acids is 1. The quantitative estimate of drug-likeness (QED) is 0.787. The highest BCUT2D eigenvalue weighted by Gasteiger charge is 2.65. The zero-order valence-electron chi connectivity index (χ0n) is 11.6. The summed E-state index contributed by atoms with van der Waals surface area (Å²) in [5.41, 5.74) is 0.464. The summed E-state index contributed by atoms with van der Waals surface area (Å²) >= 11 is 0. The van der Waals surface area contributed by atoms with Gasteiger partial charge in [0.1, 0.15) is 0 Å². The van der Waals surface area contributed by atoms with Gasteiger partial charge in [0.25, 0.3) is 0 Å². The molecule has 0 aromatic carbocycles. The largest absolute Gasteiger partial charge is 0.351 e. The Morgan fingerprint density at radius 1 is 1.12 bits per heavy atom. The average molecular weight is 238 g/mol. The van der Waals surface area contributed by atoms with Crippen LogP contribution in [0.3, 0.4) is 0 Å². The Morgan fingerprint density at radius 3 is 2.12 bits per heavy atom. The summed E-state index contributed by atoms with van der Waals surface area (Å²) < 4.78 is 0. The van der Waals surface area contributed by atoms with E-state index in [1.807, 2.05) is 0 Å². The van der Waals surface area contributed by atoms with Crippen molar-refractivity contribution in [3.63, 3.8) is 0 Å². The minimum absolute atomic E-state index is 0.153. The van der Waals surface area contributed by atoms with Crippen molar-refractivity contribution < 1.29 is 4.79 Å². The number of nitrogens with one attached hydrogen (secondary N) is 2. The molecule has 2 fully saturated rings. The molecule has 0 aromatic rings. The first-order valence-electron chi connectivity index (χ1n) is 6.88. The first kappa shape index (κ1) is 12.9. The van der Waals surface area contributed by atoms with Gasteiger partial charge in [0.2, 0.25) is 5.91 Å². The van der Waals surface area contributed by atoms with E-state index in [2.05, 4.69) is 38.3 Å². The molecular formula is C14H26N2O. The van der Waals surface area contributed by atoms with E-state index in [1.54, 1.807) is 0 Å². The molecule has 2 aliphatic rings. The molecule has 0 aliphatic heterocycles. The zero-order valence-corrected chi connectivity index (χ0v) is 11.6. The summed E-state index contributed by atoms with van der Waals surface area (Å²) in [7, 11) is 0. The molecular weight excluding hydrogens is 212 g/mol. The van der Waals surface area contributed by atoms with Gasteiger partial charge >= 0.3 is 0 Å². The van der Waals surface area contributed by atoms with Crippen LogP contribution >= 0.6 is 0 Å². The van der Waals surface area contributed by atoms with Crippen molar-refractivity contribution in [1.82, 2.24) is 10.6 Å². The van der Waals surface area contributed by atoms with Crippen LogP contribution in [0.15, 0.2) is 0 Å². The smallest absolute Gasteiger partial charge is 0.234 e. The van der Waals surface area contributed by atoms with Crippen LogP contribution < -0.4 is 10.6 Å². The first-order valence-corrected chi connectivity index (χ1v) is 6.88. The van der Waals surface area contributed by atoms with Gasteiger partial charge in [-0.1, -0.05) is 40.5 Å². The van der Waals surface area contributed by atoms with Crippen LogP contribution in [0, 0.1) is 10.8 Å². The Balaban J connectivity index is 1.71. The number of amides is 1. The molecule has 2 saturated carbocycles. The van der Waals surface area contributed by atoms with Crippen molar-refractivity contribution in [3.05, 3.63) is 0 Å². The van der Waals surface area contributed by atoms with Crippen molar-refractivity contribution >= 4 is 5.91 Å². The van der Waals surface area contributed by atoms with Crippen LogP contribution in [-0.2, 0) is 4.79 Å². The second-order valence-corrected chi connectivity index (χ2v) is 6.81. The number of hydrogen-bond acceptors (Lipinski definition) is 2. The Kier molecular flexibility index (Phi) is 3.23. The molecule has 1 amide bonds. The Labute approximate surface area is 105 Å². The molecule has 3 nitrogen and oxygen atoms in total. The van der Waals surface area contributed by atoms with Crippen LogP contribution in [-0.4, -0.2) is 24.5 Å². The van der Waals surface area contributed by atoms with E-state index in [9.17, 15) is 4.79 Å². The Bertz CT molecular complexity index is 289. The van der Waals surface area contributed by atoms with Gasteiger partial charge in [-0.05, 0) is 23.7 Å². The van der Waals surface area contributed by atoms with Gasteiger partial charge in [-0.15, -0.1) is 0 Å². The fourth-order valence-corrected chi connectivity index (χ4v) is 3.14. The molecule has 0 radical (unpaired) electrons. The van der Waals surface area contributed by atoms with E-state index in [0.29, 0.717) is 18.6 Å². The molecule has 0 bridgehead atoms. The monoisotopic (exact) mass is 238 g/mol. The van der Waals surface area contributed by atoms with Crippen LogP contribution in [0.25, 0.3) is 0 Å². The molecule has 98 valence electrons. The summed E-state index contributed by atoms with van der Waals surface area (Å²) in [6, 6.07) is 0.897. The van der Waals surface area contributed by atoms with Crippen LogP contribution in [0.4, 0.5) is 0 Å². The van der Waals surface area contributed by atoms with Crippen LogP contribution in [0.2, 0.25) is 0 Å². The van der Waals surface area contributed by atoms with Crippen molar-refractivity contribution in [2.75, 3.05) is 6.54 Å². The Morgan fingerprint density at radius 2 is 1.65 bits per heavy atom. The van der Waals surface area contributed by atoms with Crippen LogP contribution in [0.1, 0.15) is 53.4 Å². The van der Waals surface area contributed by atoms with E-state index in [0.717, 1.165) is 0 Å². The van der Waals surface area contributed by atoms with E-state index in [1.165, 1.54) is 25.7 Å². The highest BCUT2D eigenvalue weighted by atomic mass is 16.2. The molecule has 0 spiro atoms. The summed E-state index contributed by atoms with van der Waals surface area (Å²) in [5.74, 6) is 0.153. The molecule has 2 aliphatic carbocycles. The van der Waals surface area contributed by atoms with Gasteiger partial charge in [-0.25, -0.2) is 0 Å². The third kappa shape index (κ3) is 2.35. The van der Waals surface area contributed by atoms with Gasteiger partial charge in [0.05, 0.1) is 6.54 Å². The zero-order chi connectivity index (χ0) is 12.7. The predicted octanol–water partition coefficient (Wildman–Crippen LogP) is 2.07. The van der Waals surface area contributed by atoms with Crippen molar-refractivity contribution in [1.29, 1.82) is 0 Å². The highest BCUT2D eigenvalue weighted by molar-refractivity contribution is 5.79. The molecule has 0 heterocycles. The van der Waals surface area contributed by atoms with Gasteiger partial charge in [-0.3, -0.25) is 4.79 Å². The molecule has 2 N–H and O–H groups in total. The Hall–Kier alpha value is -0.570. The van der Waals surface area contributed by atoms with Crippen molar-refractivity contribution in [2.45, 2.75) is 65.5 Å². The van der Waals surface area contributed by atoms with E-state index >= 15 is 0 Å². The average Bonchev–Trinajstić information content (AvgIpc) is 2.68. The summed E-state index contributed by atoms with van der Waals surface area (Å²) in [6.45, 7) is 9.38. The SMILES string of the molecule is CC1(C)C(NC(=O)CNC2CCCC2)C1(C)C. The van der Waals surface area contributed by atoms with Crippen molar-refractivity contribution in [2.24, 2.45) is 10.8 Å². The third-order valence-corrected chi connectivity index (χ3v) is 5.23. The highest BCUT2D eigenvalue weighted by Crippen LogP contribution is 2.62. The van der Waals surface area contributed by atoms with Crippen LogP contribution in [0.5, 0.6) is 0 Å². The molecule has 0 aromatic heterocycles. The topological polar surface area (TPSA) is 41.1 Å². The fraction of sp³-hybridized carbons (Fsp3) is 0.929. The van der Waals surface area contributed by atoms with Gasteiger partial charge in [-0.2, -0.15) is 0 Å². The number of hydrogen-bond donors (Lipinski definition) is 2. The molecule has 0 atom stereocenters. The molecule has 0 saturated heterocycles. The van der Waals surface area contributed by atoms with E-state index in [4.69, 9.17) is 0 Å². The fourth-order valence-electron chi connectivity index (χ4n) is 3.14. The van der Waals surface area contributed by atoms with Crippen molar-refractivity contribution in [3.8, 4) is 0 Å².